The number of aromatic nitrogens is 1. The molecule has 146 valence electrons. The van der Waals surface area contributed by atoms with E-state index < -0.39 is 0 Å². The summed E-state index contributed by atoms with van der Waals surface area (Å²) in [5, 5.41) is 1.06. The Kier molecular flexibility index (Phi) is 5.32. The molecule has 1 aromatic heterocycles. The van der Waals surface area contributed by atoms with Gasteiger partial charge in [-0.25, -0.2) is 0 Å². The summed E-state index contributed by atoms with van der Waals surface area (Å²) in [7, 11) is 3.62. The summed E-state index contributed by atoms with van der Waals surface area (Å²) in [4.78, 5) is 14.3. The van der Waals surface area contributed by atoms with E-state index in [0.717, 1.165) is 33.5 Å². The van der Waals surface area contributed by atoms with Gasteiger partial charge in [-0.1, -0.05) is 36.0 Å². The van der Waals surface area contributed by atoms with Crippen molar-refractivity contribution in [1.29, 1.82) is 0 Å². The van der Waals surface area contributed by atoms with Crippen LogP contribution in [0, 0.1) is 0 Å². The van der Waals surface area contributed by atoms with Gasteiger partial charge in [0.25, 0.3) is 5.56 Å². The third kappa shape index (κ3) is 3.50. The van der Waals surface area contributed by atoms with Crippen LogP contribution in [-0.2, 0) is 22.1 Å². The zero-order valence-electron chi connectivity index (χ0n) is 16.5. The first-order valence-corrected chi connectivity index (χ1v) is 10.4. The smallest absolute Gasteiger partial charge is 0.250 e. The predicted molar refractivity (Wildman–Crippen MR) is 113 cm³/mol. The van der Waals surface area contributed by atoms with E-state index in [4.69, 9.17) is 9.47 Å². The van der Waals surface area contributed by atoms with Crippen molar-refractivity contribution in [1.82, 2.24) is 4.57 Å². The van der Waals surface area contributed by atoms with Gasteiger partial charge in [0.2, 0.25) is 0 Å². The van der Waals surface area contributed by atoms with Crippen LogP contribution < -0.4 is 5.56 Å². The number of hydrogen-bond donors (Lipinski definition) is 0. The van der Waals surface area contributed by atoms with E-state index in [-0.39, 0.29) is 17.3 Å². The molecule has 0 amide bonds. The molecule has 0 spiro atoms. The molecule has 1 aliphatic heterocycles. The summed E-state index contributed by atoms with van der Waals surface area (Å²) in [6.07, 6.45) is 1.88. The van der Waals surface area contributed by atoms with Gasteiger partial charge < -0.3 is 14.0 Å². The summed E-state index contributed by atoms with van der Waals surface area (Å²) < 4.78 is 13.5. The van der Waals surface area contributed by atoms with Gasteiger partial charge in [0.05, 0.1) is 23.8 Å². The third-order valence-corrected chi connectivity index (χ3v) is 6.64. The van der Waals surface area contributed by atoms with E-state index in [1.54, 1.807) is 29.5 Å². The number of pyridine rings is 1. The normalized spacial score (nSPS) is 22.5. The summed E-state index contributed by atoms with van der Waals surface area (Å²) in [5.41, 5.74) is 1.85. The van der Waals surface area contributed by atoms with E-state index in [1.807, 2.05) is 25.2 Å². The van der Waals surface area contributed by atoms with Gasteiger partial charge >= 0.3 is 0 Å². The SMILES string of the molecule is CO[C@]1(c2cccc(Sc3cccc4ccc(=O)n(C)c34)c2)CCO[C@@H](C)C1. The molecule has 0 bridgehead atoms. The second-order valence-electron chi connectivity index (χ2n) is 7.39. The molecule has 4 rings (SSSR count). The van der Waals surface area contributed by atoms with Gasteiger partial charge in [-0.05, 0) is 42.1 Å². The molecule has 3 aromatic rings. The maximum Gasteiger partial charge on any atom is 0.250 e. The second-order valence-corrected chi connectivity index (χ2v) is 8.50. The van der Waals surface area contributed by atoms with Crippen LogP contribution in [0.2, 0.25) is 0 Å². The monoisotopic (exact) mass is 395 g/mol. The van der Waals surface area contributed by atoms with Crippen LogP contribution in [0.25, 0.3) is 10.9 Å². The van der Waals surface area contributed by atoms with Gasteiger partial charge in [0.15, 0.2) is 0 Å². The van der Waals surface area contributed by atoms with E-state index in [0.29, 0.717) is 6.61 Å². The summed E-state index contributed by atoms with van der Waals surface area (Å²) in [5.74, 6) is 0. The number of ether oxygens (including phenoxy) is 2. The fraction of sp³-hybridized carbons (Fsp3) is 0.348. The van der Waals surface area contributed by atoms with Crippen LogP contribution in [0.15, 0.2) is 69.2 Å². The van der Waals surface area contributed by atoms with E-state index in [9.17, 15) is 4.79 Å². The number of fused-ring (bicyclic) bond motifs is 1. The van der Waals surface area contributed by atoms with Crippen LogP contribution in [0.5, 0.6) is 0 Å². The number of benzene rings is 2. The van der Waals surface area contributed by atoms with E-state index in [2.05, 4.69) is 37.3 Å². The number of hydrogen-bond acceptors (Lipinski definition) is 4. The standard InChI is InChI=1S/C23H25NO3S/c1-16-15-23(26-3,12-13-27-16)18-7-5-8-19(14-18)28-20-9-4-6-17-10-11-21(25)24(2)22(17)20/h4-11,14,16H,12-13,15H2,1-3H3/t16-,23+/m0/s1. The highest BCUT2D eigenvalue weighted by atomic mass is 32.2. The lowest BCUT2D eigenvalue weighted by atomic mass is 9.84. The first-order valence-electron chi connectivity index (χ1n) is 9.56. The van der Waals surface area contributed by atoms with Crippen molar-refractivity contribution < 1.29 is 9.47 Å². The Morgan fingerprint density at radius 1 is 1.18 bits per heavy atom. The van der Waals surface area contributed by atoms with E-state index in [1.165, 1.54) is 5.56 Å². The van der Waals surface area contributed by atoms with Crippen molar-refractivity contribution in [3.05, 3.63) is 70.5 Å². The fourth-order valence-corrected chi connectivity index (χ4v) is 5.17. The Hall–Kier alpha value is -2.08. The number of para-hydroxylation sites is 1. The lowest BCUT2D eigenvalue weighted by molar-refractivity contribution is -0.122. The zero-order valence-corrected chi connectivity index (χ0v) is 17.3. The van der Waals surface area contributed by atoms with Crippen LogP contribution in [0.3, 0.4) is 0 Å². The molecule has 1 saturated heterocycles. The van der Waals surface area contributed by atoms with Crippen molar-refractivity contribution in [3.8, 4) is 0 Å². The van der Waals surface area contributed by atoms with Gasteiger partial charge in [-0.15, -0.1) is 0 Å². The Morgan fingerprint density at radius 2 is 2.00 bits per heavy atom. The van der Waals surface area contributed by atoms with Crippen molar-refractivity contribution in [3.63, 3.8) is 0 Å². The molecule has 0 unspecified atom stereocenters. The molecule has 4 nitrogen and oxygen atoms in total. The molecule has 28 heavy (non-hydrogen) atoms. The number of rotatable bonds is 4. The summed E-state index contributed by atoms with van der Waals surface area (Å²) >= 11 is 1.68. The number of aryl methyl sites for hydroxylation is 1. The third-order valence-electron chi connectivity index (χ3n) is 5.61. The predicted octanol–water partition coefficient (Wildman–Crippen LogP) is 4.73. The maximum absolute atomic E-state index is 12.1. The highest BCUT2D eigenvalue weighted by Gasteiger charge is 2.37. The second kappa shape index (κ2) is 7.74. The van der Waals surface area contributed by atoms with Crippen molar-refractivity contribution in [2.75, 3.05) is 13.7 Å². The van der Waals surface area contributed by atoms with Crippen molar-refractivity contribution in [2.24, 2.45) is 7.05 Å². The molecule has 2 heterocycles. The van der Waals surface area contributed by atoms with Gasteiger partial charge in [0.1, 0.15) is 0 Å². The van der Waals surface area contributed by atoms with Crippen molar-refractivity contribution in [2.45, 2.75) is 41.3 Å². The Balaban J connectivity index is 1.73. The van der Waals surface area contributed by atoms with Gasteiger partial charge in [-0.3, -0.25) is 4.79 Å². The first-order chi connectivity index (χ1) is 13.5. The number of methoxy groups -OCH3 is 1. The highest BCUT2D eigenvalue weighted by Crippen LogP contribution is 2.40. The van der Waals surface area contributed by atoms with E-state index >= 15 is 0 Å². The molecular formula is C23H25NO3S. The molecule has 1 aliphatic rings. The summed E-state index contributed by atoms with van der Waals surface area (Å²) in [6, 6.07) is 18.2. The van der Waals surface area contributed by atoms with Crippen LogP contribution in [0.4, 0.5) is 0 Å². The minimum Gasteiger partial charge on any atom is -0.378 e. The minimum atomic E-state index is -0.306. The van der Waals surface area contributed by atoms with Crippen molar-refractivity contribution >= 4 is 22.7 Å². The zero-order chi connectivity index (χ0) is 19.7. The lowest BCUT2D eigenvalue weighted by Crippen LogP contribution is -2.39. The molecule has 2 atom stereocenters. The molecule has 5 heteroatoms. The average Bonchev–Trinajstić information content (AvgIpc) is 2.71. The minimum absolute atomic E-state index is 0.00355. The van der Waals surface area contributed by atoms with Crippen LogP contribution in [0.1, 0.15) is 25.3 Å². The Bertz CT molecular complexity index is 1060. The Labute approximate surface area is 169 Å². The largest absolute Gasteiger partial charge is 0.378 e. The van der Waals surface area contributed by atoms with Crippen LogP contribution in [-0.4, -0.2) is 24.4 Å². The topological polar surface area (TPSA) is 40.5 Å². The maximum atomic E-state index is 12.1. The van der Waals surface area contributed by atoms with Gasteiger partial charge in [0, 0.05) is 42.9 Å². The molecule has 1 fully saturated rings. The van der Waals surface area contributed by atoms with Crippen LogP contribution >= 0.6 is 11.8 Å². The Morgan fingerprint density at radius 3 is 2.79 bits per heavy atom. The fourth-order valence-electron chi connectivity index (χ4n) is 4.08. The molecule has 0 radical (unpaired) electrons. The molecule has 2 aromatic carbocycles. The quantitative estimate of drug-likeness (QED) is 0.640. The molecule has 0 N–H and O–H groups in total. The number of nitrogens with zero attached hydrogens (tertiary/aromatic N) is 1. The lowest BCUT2D eigenvalue weighted by Gasteiger charge is -2.39. The molecular weight excluding hydrogens is 370 g/mol. The average molecular weight is 396 g/mol. The highest BCUT2D eigenvalue weighted by molar-refractivity contribution is 7.99. The van der Waals surface area contributed by atoms with Gasteiger partial charge in [-0.2, -0.15) is 0 Å². The summed E-state index contributed by atoms with van der Waals surface area (Å²) in [6.45, 7) is 2.81. The molecule has 0 saturated carbocycles. The molecule has 0 aliphatic carbocycles. The first kappa shape index (κ1) is 19.2.